The molecule has 1 aromatic carbocycles. The highest BCUT2D eigenvalue weighted by Gasteiger charge is 2.60. The molecule has 2 aromatic rings. The summed E-state index contributed by atoms with van der Waals surface area (Å²) in [6.07, 6.45) is 4.78. The molecule has 1 N–H and O–H groups in total. The third-order valence-corrected chi connectivity index (χ3v) is 7.45. The number of halogens is 1. The quantitative estimate of drug-likeness (QED) is 0.901. The van der Waals surface area contributed by atoms with Gasteiger partial charge in [0.1, 0.15) is 5.82 Å². The molecule has 5 heteroatoms. The lowest BCUT2D eigenvalue weighted by Crippen LogP contribution is -2.65. The maximum Gasteiger partial charge on any atom is 0.261 e. The van der Waals surface area contributed by atoms with Gasteiger partial charge in [0.15, 0.2) is 0 Å². The van der Waals surface area contributed by atoms with Gasteiger partial charge in [-0.3, -0.25) is 9.69 Å². The van der Waals surface area contributed by atoms with Crippen molar-refractivity contribution in [2.45, 2.75) is 44.2 Å². The van der Waals surface area contributed by atoms with Gasteiger partial charge in [-0.1, -0.05) is 12.1 Å². The number of rotatable bonds is 2. The molecular weight excluding hydrogens is 323 g/mol. The van der Waals surface area contributed by atoms with Gasteiger partial charge in [0.25, 0.3) is 5.91 Å². The first kappa shape index (κ1) is 14.8. The Morgan fingerprint density at radius 3 is 2.79 bits per heavy atom. The van der Waals surface area contributed by atoms with Crippen molar-refractivity contribution < 1.29 is 9.18 Å². The Morgan fingerprint density at radius 2 is 2.08 bits per heavy atom. The highest BCUT2D eigenvalue weighted by Crippen LogP contribution is 2.53. The second kappa shape index (κ2) is 5.02. The number of aryl methyl sites for hydroxylation is 1. The fourth-order valence-electron chi connectivity index (χ4n) is 4.81. The highest BCUT2D eigenvalue weighted by molar-refractivity contribution is 7.20. The van der Waals surface area contributed by atoms with Gasteiger partial charge in [0.05, 0.1) is 15.6 Å². The van der Waals surface area contributed by atoms with Crippen molar-refractivity contribution in [3.8, 4) is 0 Å². The second-order valence-corrected chi connectivity index (χ2v) is 8.66. The molecule has 4 aliphatic rings. The maximum absolute atomic E-state index is 14.3. The summed E-state index contributed by atoms with van der Waals surface area (Å²) in [5, 5.41) is 4.14. The van der Waals surface area contributed by atoms with Gasteiger partial charge in [0, 0.05) is 5.54 Å². The first-order chi connectivity index (χ1) is 11.6. The van der Waals surface area contributed by atoms with Crippen LogP contribution in [0.25, 0.3) is 10.1 Å². The number of thiophene rings is 1. The first-order valence-electron chi connectivity index (χ1n) is 8.83. The third kappa shape index (κ3) is 2.01. The number of benzene rings is 1. The summed E-state index contributed by atoms with van der Waals surface area (Å²) in [5.74, 6) is 0.381. The minimum absolute atomic E-state index is 0.0294. The number of carbonyl (C=O) groups is 1. The Kier molecular flexibility index (Phi) is 3.11. The molecule has 3 saturated heterocycles. The van der Waals surface area contributed by atoms with E-state index >= 15 is 0 Å². The molecule has 3 aliphatic heterocycles. The molecule has 1 aliphatic carbocycles. The van der Waals surface area contributed by atoms with Crippen LogP contribution >= 0.6 is 11.3 Å². The van der Waals surface area contributed by atoms with Crippen LogP contribution in [0.1, 0.15) is 40.9 Å². The zero-order valence-electron chi connectivity index (χ0n) is 13.8. The normalized spacial score (nSPS) is 30.0. The van der Waals surface area contributed by atoms with Crippen molar-refractivity contribution in [3.63, 3.8) is 0 Å². The molecule has 4 fully saturated rings. The number of hydrogen-bond donors (Lipinski definition) is 1. The lowest BCUT2D eigenvalue weighted by molar-refractivity contribution is -0.00138. The first-order valence-corrected chi connectivity index (χ1v) is 9.65. The Morgan fingerprint density at radius 1 is 1.33 bits per heavy atom. The van der Waals surface area contributed by atoms with Gasteiger partial charge >= 0.3 is 0 Å². The van der Waals surface area contributed by atoms with E-state index in [-0.39, 0.29) is 23.3 Å². The number of carbonyl (C=O) groups excluding carboxylic acids is 1. The summed E-state index contributed by atoms with van der Waals surface area (Å²) in [5.41, 5.74) is 0.862. The van der Waals surface area contributed by atoms with Crippen LogP contribution < -0.4 is 5.32 Å². The lowest BCUT2D eigenvalue weighted by Gasteiger charge is -2.52. The van der Waals surface area contributed by atoms with Gasteiger partial charge in [0.2, 0.25) is 0 Å². The van der Waals surface area contributed by atoms with Gasteiger partial charge in [-0.25, -0.2) is 4.39 Å². The summed E-state index contributed by atoms with van der Waals surface area (Å²) in [6.45, 7) is 4.13. The van der Waals surface area contributed by atoms with Gasteiger partial charge in [-0.15, -0.1) is 11.3 Å². The predicted molar refractivity (Wildman–Crippen MR) is 94.0 cm³/mol. The van der Waals surface area contributed by atoms with Crippen LogP contribution in [0.4, 0.5) is 4.39 Å². The average molecular weight is 344 g/mol. The van der Waals surface area contributed by atoms with E-state index in [0.29, 0.717) is 21.1 Å². The minimum Gasteiger partial charge on any atom is -0.346 e. The van der Waals surface area contributed by atoms with Crippen molar-refractivity contribution in [2.24, 2.45) is 5.92 Å². The molecule has 4 heterocycles. The maximum atomic E-state index is 14.3. The van der Waals surface area contributed by atoms with E-state index in [2.05, 4.69) is 10.2 Å². The Hall–Kier alpha value is -1.46. The average Bonchev–Trinajstić information content (AvgIpc) is 3.24. The van der Waals surface area contributed by atoms with E-state index in [1.165, 1.54) is 50.1 Å². The van der Waals surface area contributed by atoms with Crippen LogP contribution in [0.2, 0.25) is 0 Å². The molecule has 1 amide bonds. The summed E-state index contributed by atoms with van der Waals surface area (Å²) < 4.78 is 14.9. The van der Waals surface area contributed by atoms with E-state index in [4.69, 9.17) is 0 Å². The molecule has 24 heavy (non-hydrogen) atoms. The summed E-state index contributed by atoms with van der Waals surface area (Å²) in [4.78, 5) is 16.0. The molecule has 126 valence electrons. The minimum atomic E-state index is -0.196. The zero-order chi connectivity index (χ0) is 16.5. The molecule has 3 nitrogen and oxygen atoms in total. The van der Waals surface area contributed by atoms with E-state index < -0.39 is 0 Å². The summed E-state index contributed by atoms with van der Waals surface area (Å²) in [7, 11) is 0. The Balaban J connectivity index is 1.44. The van der Waals surface area contributed by atoms with Crippen molar-refractivity contribution in [1.29, 1.82) is 0 Å². The van der Waals surface area contributed by atoms with Crippen LogP contribution in [-0.2, 0) is 0 Å². The van der Waals surface area contributed by atoms with Crippen LogP contribution in [0.5, 0.6) is 0 Å². The fourth-order valence-corrected chi connectivity index (χ4v) is 5.87. The molecule has 0 radical (unpaired) electrons. The number of piperidine rings is 3. The Labute approximate surface area is 144 Å². The van der Waals surface area contributed by atoms with Crippen molar-refractivity contribution >= 4 is 27.3 Å². The van der Waals surface area contributed by atoms with Gasteiger partial charge < -0.3 is 5.32 Å². The van der Waals surface area contributed by atoms with Crippen molar-refractivity contribution in [1.82, 2.24) is 10.2 Å². The van der Waals surface area contributed by atoms with Crippen LogP contribution in [0.15, 0.2) is 18.2 Å². The lowest BCUT2D eigenvalue weighted by atomic mass is 9.77. The molecule has 1 saturated carbocycles. The number of fused-ring (bicyclic) bond motifs is 3. The fraction of sp³-hybridized carbons (Fsp3) is 0.526. The molecule has 1 atom stereocenters. The van der Waals surface area contributed by atoms with Crippen LogP contribution in [0.3, 0.4) is 0 Å². The predicted octanol–water partition coefficient (Wildman–Crippen LogP) is 3.71. The van der Waals surface area contributed by atoms with E-state index in [1.807, 2.05) is 12.1 Å². The van der Waals surface area contributed by atoms with Gasteiger partial charge in [-0.05, 0) is 68.6 Å². The molecule has 2 bridgehead atoms. The molecule has 1 aromatic heterocycles. The third-order valence-electron chi connectivity index (χ3n) is 6.31. The molecular formula is C19H21FN2OS. The zero-order valence-corrected chi connectivity index (χ0v) is 14.6. The topological polar surface area (TPSA) is 32.3 Å². The smallest absolute Gasteiger partial charge is 0.261 e. The molecule has 6 rings (SSSR count). The largest absolute Gasteiger partial charge is 0.346 e. The van der Waals surface area contributed by atoms with Crippen LogP contribution in [0, 0.1) is 18.7 Å². The van der Waals surface area contributed by atoms with E-state index in [0.717, 1.165) is 5.39 Å². The van der Waals surface area contributed by atoms with Gasteiger partial charge in [-0.2, -0.15) is 0 Å². The number of amides is 1. The van der Waals surface area contributed by atoms with E-state index in [9.17, 15) is 9.18 Å². The van der Waals surface area contributed by atoms with Crippen LogP contribution in [-0.4, -0.2) is 35.5 Å². The number of nitrogens with zero attached hydrogens (tertiary/aromatic N) is 1. The van der Waals surface area contributed by atoms with Crippen molar-refractivity contribution in [2.75, 3.05) is 13.1 Å². The standard InChI is InChI=1S/C19H21FN2OS/c1-11-2-3-13-10-14(24-16(13)15(11)20)18(23)21-17-12-4-8-22(9-5-12)19(17)6-7-19/h2-3,10,12,17H,4-9H2,1H3,(H,21,23)/t17-/m1/s1. The molecule has 0 unspecified atom stereocenters. The summed E-state index contributed by atoms with van der Waals surface area (Å²) >= 11 is 1.27. The number of hydrogen-bond acceptors (Lipinski definition) is 3. The van der Waals surface area contributed by atoms with Crippen molar-refractivity contribution in [3.05, 3.63) is 34.5 Å². The highest BCUT2D eigenvalue weighted by atomic mass is 32.1. The van der Waals surface area contributed by atoms with E-state index in [1.54, 1.807) is 13.0 Å². The monoisotopic (exact) mass is 344 g/mol. The second-order valence-electron chi connectivity index (χ2n) is 7.60. The number of nitrogens with one attached hydrogen (secondary N) is 1. The summed E-state index contributed by atoms with van der Waals surface area (Å²) in [6, 6.07) is 5.78. The molecule has 1 spiro atoms. The Bertz CT molecular complexity index is 833. The SMILES string of the molecule is Cc1ccc2cc(C(=O)N[C@@H]3C4CCN(CC4)C34CC4)sc2c1F.